The molecule has 0 fully saturated rings. The molecule has 0 aliphatic heterocycles. The molecule has 0 saturated heterocycles. The first-order valence-corrected chi connectivity index (χ1v) is 5.29. The van der Waals surface area contributed by atoms with Crippen LogP contribution in [0.15, 0.2) is 30.0 Å². The summed E-state index contributed by atoms with van der Waals surface area (Å²) >= 11 is 0. The molecule has 1 aliphatic rings. The fourth-order valence-electron chi connectivity index (χ4n) is 1.71. The molecule has 0 amide bonds. The van der Waals surface area contributed by atoms with Crippen molar-refractivity contribution in [3.63, 3.8) is 0 Å². The van der Waals surface area contributed by atoms with E-state index in [9.17, 15) is 9.59 Å². The van der Waals surface area contributed by atoms with Gasteiger partial charge in [0.05, 0.1) is 13.7 Å². The molecule has 0 aromatic heterocycles. The van der Waals surface area contributed by atoms with Crippen molar-refractivity contribution in [3.05, 3.63) is 41.2 Å². The second-order valence-electron chi connectivity index (χ2n) is 3.55. The van der Waals surface area contributed by atoms with Crippen LogP contribution in [0.2, 0.25) is 0 Å². The minimum absolute atomic E-state index is 0.0956. The lowest BCUT2D eigenvalue weighted by Crippen LogP contribution is -2.18. The Labute approximate surface area is 98.8 Å². The molecule has 17 heavy (non-hydrogen) atoms. The molecule has 4 nitrogen and oxygen atoms in total. The minimum atomic E-state index is -0.277. The average molecular weight is 232 g/mol. The molecule has 1 aliphatic carbocycles. The fourth-order valence-corrected chi connectivity index (χ4v) is 1.71. The highest BCUT2D eigenvalue weighted by Crippen LogP contribution is 2.25. The summed E-state index contributed by atoms with van der Waals surface area (Å²) in [6.45, 7) is 2.11. The zero-order valence-electron chi connectivity index (χ0n) is 9.65. The Balaban J connectivity index is 2.49. The Morgan fingerprint density at radius 1 is 1.18 bits per heavy atom. The minimum Gasteiger partial charge on any atom is -0.497 e. The van der Waals surface area contributed by atoms with Crippen LogP contribution in [-0.2, 0) is 4.74 Å². The summed E-state index contributed by atoms with van der Waals surface area (Å²) in [5.74, 6) is 0.145. The van der Waals surface area contributed by atoms with E-state index in [1.54, 1.807) is 25.1 Å². The largest absolute Gasteiger partial charge is 0.497 e. The molecule has 0 atom stereocenters. The molecule has 0 N–H and O–H groups in total. The Kier molecular flexibility index (Phi) is 2.95. The lowest BCUT2D eigenvalue weighted by Gasteiger charge is -2.15. The van der Waals surface area contributed by atoms with E-state index in [2.05, 4.69) is 0 Å². The molecule has 0 unspecified atom stereocenters. The van der Waals surface area contributed by atoms with Gasteiger partial charge in [0.2, 0.25) is 5.78 Å². The smallest absolute Gasteiger partial charge is 0.228 e. The first kappa shape index (κ1) is 11.4. The number of rotatable bonds is 3. The summed E-state index contributed by atoms with van der Waals surface area (Å²) in [7, 11) is 1.51. The van der Waals surface area contributed by atoms with Crippen LogP contribution < -0.4 is 4.74 Å². The number of carbonyl (C=O) groups excluding carboxylic acids is 2. The van der Waals surface area contributed by atoms with E-state index in [0.717, 1.165) is 0 Å². The van der Waals surface area contributed by atoms with Crippen LogP contribution >= 0.6 is 0 Å². The predicted octanol–water partition coefficient (Wildman–Crippen LogP) is 1.99. The third-order valence-corrected chi connectivity index (χ3v) is 2.52. The van der Waals surface area contributed by atoms with Crippen LogP contribution in [0.25, 0.3) is 0 Å². The van der Waals surface area contributed by atoms with Crippen molar-refractivity contribution >= 4 is 11.6 Å². The zero-order valence-corrected chi connectivity index (χ0v) is 9.65. The normalized spacial score (nSPS) is 14.1. The van der Waals surface area contributed by atoms with Gasteiger partial charge in [-0.2, -0.15) is 0 Å². The summed E-state index contributed by atoms with van der Waals surface area (Å²) in [5, 5.41) is 0. The van der Waals surface area contributed by atoms with Crippen LogP contribution in [-0.4, -0.2) is 25.3 Å². The number of benzene rings is 1. The molecule has 0 bridgehead atoms. The molecule has 88 valence electrons. The summed E-state index contributed by atoms with van der Waals surface area (Å²) in [6.07, 6.45) is 1.24. The first-order valence-electron chi connectivity index (χ1n) is 5.29. The fraction of sp³-hybridized carbons (Fsp3) is 0.231. The number of Topliss-reactive ketones (excluding diaryl/α,β-unsaturated/α-hetero) is 1. The first-order chi connectivity index (χ1) is 8.17. The van der Waals surface area contributed by atoms with Crippen molar-refractivity contribution in [1.29, 1.82) is 0 Å². The highest BCUT2D eigenvalue weighted by molar-refractivity contribution is 6.23. The van der Waals surface area contributed by atoms with E-state index in [1.807, 2.05) is 0 Å². The summed E-state index contributed by atoms with van der Waals surface area (Å²) in [6, 6.07) is 4.80. The van der Waals surface area contributed by atoms with Gasteiger partial charge in [-0.1, -0.05) is 0 Å². The Hall–Kier alpha value is -2.10. The molecule has 0 spiro atoms. The highest BCUT2D eigenvalue weighted by Gasteiger charge is 2.26. The lowest BCUT2D eigenvalue weighted by atomic mass is 9.93. The SMILES string of the molecule is CCOC1=CC(=O)c2ccc(OC)cc2C1=O. The molecular weight excluding hydrogens is 220 g/mol. The van der Waals surface area contributed by atoms with Crippen LogP contribution in [0.4, 0.5) is 0 Å². The van der Waals surface area contributed by atoms with Crippen LogP contribution in [0.1, 0.15) is 27.6 Å². The van der Waals surface area contributed by atoms with Gasteiger partial charge >= 0.3 is 0 Å². The van der Waals surface area contributed by atoms with Crippen LogP contribution in [0.3, 0.4) is 0 Å². The maximum atomic E-state index is 12.0. The highest BCUT2D eigenvalue weighted by atomic mass is 16.5. The van der Waals surface area contributed by atoms with Gasteiger partial charge in [0, 0.05) is 17.2 Å². The third kappa shape index (κ3) is 1.93. The number of hydrogen-bond donors (Lipinski definition) is 0. The standard InChI is InChI=1S/C13H12O4/c1-3-17-12-7-11(14)9-5-4-8(16-2)6-10(9)13(12)15/h4-7H,3H2,1-2H3. The van der Waals surface area contributed by atoms with Gasteiger partial charge in [-0.25, -0.2) is 0 Å². The number of ether oxygens (including phenoxy) is 2. The van der Waals surface area contributed by atoms with Crippen molar-refractivity contribution in [3.8, 4) is 5.75 Å². The molecule has 1 aromatic carbocycles. The third-order valence-electron chi connectivity index (χ3n) is 2.52. The topological polar surface area (TPSA) is 52.6 Å². The quantitative estimate of drug-likeness (QED) is 0.799. The zero-order chi connectivity index (χ0) is 12.4. The van der Waals surface area contributed by atoms with Gasteiger partial charge in [0.15, 0.2) is 11.5 Å². The number of carbonyl (C=O) groups is 2. The molecular formula is C13H12O4. The number of methoxy groups -OCH3 is 1. The van der Waals surface area contributed by atoms with E-state index < -0.39 is 0 Å². The average Bonchev–Trinajstić information content (AvgIpc) is 2.35. The van der Waals surface area contributed by atoms with Crippen molar-refractivity contribution in [1.82, 2.24) is 0 Å². The van der Waals surface area contributed by atoms with Gasteiger partial charge < -0.3 is 9.47 Å². The molecule has 4 heteroatoms. The lowest BCUT2D eigenvalue weighted by molar-refractivity contribution is 0.0891. The predicted molar refractivity (Wildman–Crippen MR) is 61.4 cm³/mol. The van der Waals surface area contributed by atoms with Gasteiger partial charge in [0.1, 0.15) is 5.75 Å². The summed E-state index contributed by atoms with van der Waals surface area (Å²) in [5.41, 5.74) is 0.722. The second kappa shape index (κ2) is 4.41. The van der Waals surface area contributed by atoms with Crippen molar-refractivity contribution in [2.45, 2.75) is 6.92 Å². The molecule has 1 aromatic rings. The van der Waals surface area contributed by atoms with Gasteiger partial charge in [-0.15, -0.1) is 0 Å². The van der Waals surface area contributed by atoms with Crippen LogP contribution in [0, 0.1) is 0 Å². The summed E-state index contributed by atoms with van der Waals surface area (Å²) < 4.78 is 10.2. The van der Waals surface area contributed by atoms with E-state index in [1.165, 1.54) is 13.2 Å². The number of ketones is 2. The second-order valence-corrected chi connectivity index (χ2v) is 3.55. The molecule has 0 heterocycles. The maximum absolute atomic E-state index is 12.0. The number of hydrogen-bond acceptors (Lipinski definition) is 4. The van der Waals surface area contributed by atoms with Crippen molar-refractivity contribution < 1.29 is 19.1 Å². The Morgan fingerprint density at radius 3 is 2.59 bits per heavy atom. The monoisotopic (exact) mass is 232 g/mol. The van der Waals surface area contributed by atoms with Gasteiger partial charge in [0.25, 0.3) is 0 Å². The van der Waals surface area contributed by atoms with E-state index in [4.69, 9.17) is 9.47 Å². The molecule has 0 radical (unpaired) electrons. The van der Waals surface area contributed by atoms with E-state index >= 15 is 0 Å². The Bertz CT molecular complexity index is 514. The van der Waals surface area contributed by atoms with Gasteiger partial charge in [-0.05, 0) is 25.1 Å². The molecule has 2 rings (SSSR count). The number of fused-ring (bicyclic) bond motifs is 1. The van der Waals surface area contributed by atoms with Gasteiger partial charge in [-0.3, -0.25) is 9.59 Å². The van der Waals surface area contributed by atoms with E-state index in [-0.39, 0.29) is 17.3 Å². The number of allylic oxidation sites excluding steroid dienone is 2. The maximum Gasteiger partial charge on any atom is 0.228 e. The summed E-state index contributed by atoms with van der Waals surface area (Å²) in [4.78, 5) is 23.8. The molecule has 0 saturated carbocycles. The van der Waals surface area contributed by atoms with Crippen molar-refractivity contribution in [2.75, 3.05) is 13.7 Å². The van der Waals surface area contributed by atoms with Crippen LogP contribution in [0.5, 0.6) is 5.75 Å². The van der Waals surface area contributed by atoms with E-state index in [0.29, 0.717) is 23.5 Å². The van der Waals surface area contributed by atoms with Crippen molar-refractivity contribution in [2.24, 2.45) is 0 Å². The Morgan fingerprint density at radius 2 is 1.94 bits per heavy atom.